The molecule has 2 aromatic heterocycles. The normalized spacial score (nSPS) is 11.1. The quantitative estimate of drug-likeness (QED) is 0.596. The molecule has 4 aromatic rings. The van der Waals surface area contributed by atoms with Gasteiger partial charge in [-0.3, -0.25) is 0 Å². The van der Waals surface area contributed by atoms with Crippen LogP contribution in [0.2, 0.25) is 5.02 Å². The van der Waals surface area contributed by atoms with Crippen LogP contribution in [0.25, 0.3) is 34.1 Å². The lowest BCUT2D eigenvalue weighted by Crippen LogP contribution is -1.98. The number of hydrogen-bond acceptors (Lipinski definition) is 6. The van der Waals surface area contributed by atoms with Gasteiger partial charge in [0.05, 0.1) is 21.6 Å². The van der Waals surface area contributed by atoms with E-state index in [-0.39, 0.29) is 11.7 Å². The number of fused-ring (bicyclic) bond motifs is 1. The first-order valence-electron chi connectivity index (χ1n) is 7.24. The molecule has 0 unspecified atom stereocenters. The average molecular weight is 338 g/mol. The molecule has 24 heavy (non-hydrogen) atoms. The molecule has 0 aliphatic rings. The highest BCUT2D eigenvalue weighted by molar-refractivity contribution is 6.33. The van der Waals surface area contributed by atoms with Gasteiger partial charge in [0, 0.05) is 0 Å². The van der Waals surface area contributed by atoms with E-state index in [0.717, 1.165) is 5.56 Å². The minimum Gasteiger partial charge on any atom is -0.414 e. The standard InChI is InChI=1S/C17H12ClN5O/c1-9-6-7-11(18)10(8-9)16-22-23-17(24-16)14-15(19)21-13-5-3-2-4-12(13)20-14/h2-8H,1H3,(H2,19,21). The van der Waals surface area contributed by atoms with Gasteiger partial charge < -0.3 is 10.2 Å². The predicted molar refractivity (Wildman–Crippen MR) is 92.4 cm³/mol. The molecule has 118 valence electrons. The summed E-state index contributed by atoms with van der Waals surface area (Å²) in [5.74, 6) is 0.755. The summed E-state index contributed by atoms with van der Waals surface area (Å²) in [6, 6.07) is 13.0. The van der Waals surface area contributed by atoms with E-state index in [9.17, 15) is 0 Å². The lowest BCUT2D eigenvalue weighted by atomic mass is 10.1. The number of nitrogens with zero attached hydrogens (tertiary/aromatic N) is 4. The summed E-state index contributed by atoms with van der Waals surface area (Å²) < 4.78 is 5.73. The van der Waals surface area contributed by atoms with Gasteiger partial charge in [-0.05, 0) is 31.2 Å². The van der Waals surface area contributed by atoms with Crippen molar-refractivity contribution < 1.29 is 4.42 Å². The van der Waals surface area contributed by atoms with E-state index in [1.54, 1.807) is 6.07 Å². The molecule has 6 nitrogen and oxygen atoms in total. The highest BCUT2D eigenvalue weighted by Crippen LogP contribution is 2.31. The van der Waals surface area contributed by atoms with Gasteiger partial charge in [0.1, 0.15) is 0 Å². The third kappa shape index (κ3) is 2.47. The van der Waals surface area contributed by atoms with E-state index < -0.39 is 0 Å². The van der Waals surface area contributed by atoms with Gasteiger partial charge in [-0.1, -0.05) is 35.4 Å². The summed E-state index contributed by atoms with van der Waals surface area (Å²) in [4.78, 5) is 8.80. The fourth-order valence-corrected chi connectivity index (χ4v) is 2.60. The first-order valence-corrected chi connectivity index (χ1v) is 7.62. The van der Waals surface area contributed by atoms with Crippen LogP contribution in [-0.4, -0.2) is 20.2 Å². The van der Waals surface area contributed by atoms with Gasteiger partial charge in [-0.2, -0.15) is 0 Å². The van der Waals surface area contributed by atoms with E-state index in [1.807, 2.05) is 43.3 Å². The number of anilines is 1. The Morgan fingerprint density at radius 2 is 1.67 bits per heavy atom. The summed E-state index contributed by atoms with van der Waals surface area (Å²) >= 11 is 6.21. The molecular formula is C17H12ClN5O. The van der Waals surface area contributed by atoms with Crippen molar-refractivity contribution in [1.82, 2.24) is 20.2 Å². The van der Waals surface area contributed by atoms with Crippen molar-refractivity contribution in [2.75, 3.05) is 5.73 Å². The number of rotatable bonds is 2. The summed E-state index contributed by atoms with van der Waals surface area (Å²) in [6.45, 7) is 1.96. The van der Waals surface area contributed by atoms with Crippen molar-refractivity contribution in [1.29, 1.82) is 0 Å². The monoisotopic (exact) mass is 337 g/mol. The highest BCUT2D eigenvalue weighted by Gasteiger charge is 2.17. The molecule has 0 spiro atoms. The Morgan fingerprint density at radius 1 is 0.958 bits per heavy atom. The summed E-state index contributed by atoms with van der Waals surface area (Å²) in [5, 5.41) is 8.64. The molecule has 0 bridgehead atoms. The molecule has 0 fully saturated rings. The number of benzene rings is 2. The van der Waals surface area contributed by atoms with Crippen LogP contribution in [0.5, 0.6) is 0 Å². The zero-order valence-electron chi connectivity index (χ0n) is 12.7. The van der Waals surface area contributed by atoms with Crippen LogP contribution < -0.4 is 5.73 Å². The Bertz CT molecular complexity index is 1060. The molecular weight excluding hydrogens is 326 g/mol. The fourth-order valence-electron chi connectivity index (χ4n) is 2.40. The Morgan fingerprint density at radius 3 is 2.46 bits per heavy atom. The Hall–Kier alpha value is -2.99. The highest BCUT2D eigenvalue weighted by atomic mass is 35.5. The van der Waals surface area contributed by atoms with Gasteiger partial charge in [0.15, 0.2) is 11.5 Å². The summed E-state index contributed by atoms with van der Waals surface area (Å²) in [6.07, 6.45) is 0. The van der Waals surface area contributed by atoms with Crippen LogP contribution in [0.3, 0.4) is 0 Å². The zero-order valence-corrected chi connectivity index (χ0v) is 13.4. The van der Waals surface area contributed by atoms with Crippen molar-refractivity contribution in [3.8, 4) is 23.0 Å². The van der Waals surface area contributed by atoms with E-state index in [4.69, 9.17) is 21.8 Å². The van der Waals surface area contributed by atoms with E-state index in [1.165, 1.54) is 0 Å². The molecule has 0 atom stereocenters. The Kier molecular flexibility index (Phi) is 3.39. The molecule has 0 aliphatic heterocycles. The minimum absolute atomic E-state index is 0.207. The minimum atomic E-state index is 0.207. The number of halogens is 1. The number of nitrogens with two attached hydrogens (primary N) is 1. The largest absolute Gasteiger partial charge is 0.414 e. The third-order valence-corrected chi connectivity index (χ3v) is 3.91. The lowest BCUT2D eigenvalue weighted by molar-refractivity contribution is 0.582. The molecule has 0 aliphatic carbocycles. The number of nitrogen functional groups attached to an aromatic ring is 1. The van der Waals surface area contributed by atoms with Gasteiger partial charge in [-0.15, -0.1) is 10.2 Å². The molecule has 0 amide bonds. The first kappa shape index (κ1) is 14.6. The number of aromatic nitrogens is 4. The molecule has 0 saturated carbocycles. The van der Waals surface area contributed by atoms with Gasteiger partial charge in [0.25, 0.3) is 5.89 Å². The smallest absolute Gasteiger partial charge is 0.270 e. The summed E-state index contributed by atoms with van der Waals surface area (Å²) in [5.41, 5.74) is 9.47. The average Bonchev–Trinajstić information content (AvgIpc) is 3.06. The Balaban J connectivity index is 1.83. The molecule has 7 heteroatoms. The SMILES string of the molecule is Cc1ccc(Cl)c(-c2nnc(-c3nc4ccccc4nc3N)o2)c1. The van der Waals surface area contributed by atoms with Crippen LogP contribution in [0, 0.1) is 6.92 Å². The van der Waals surface area contributed by atoms with Crippen LogP contribution in [0.1, 0.15) is 5.56 Å². The van der Waals surface area contributed by atoms with Gasteiger partial charge >= 0.3 is 0 Å². The fraction of sp³-hybridized carbons (Fsp3) is 0.0588. The second-order valence-electron chi connectivity index (χ2n) is 5.34. The lowest BCUT2D eigenvalue weighted by Gasteiger charge is -2.03. The van der Waals surface area contributed by atoms with Crippen molar-refractivity contribution in [3.63, 3.8) is 0 Å². The maximum absolute atomic E-state index is 6.21. The van der Waals surface area contributed by atoms with Crippen LogP contribution >= 0.6 is 11.6 Å². The van der Waals surface area contributed by atoms with Crippen LogP contribution in [0.4, 0.5) is 5.82 Å². The first-order chi connectivity index (χ1) is 11.6. The topological polar surface area (TPSA) is 90.7 Å². The zero-order chi connectivity index (χ0) is 16.7. The second-order valence-corrected chi connectivity index (χ2v) is 5.75. The van der Waals surface area contributed by atoms with Crippen LogP contribution in [-0.2, 0) is 0 Å². The third-order valence-electron chi connectivity index (χ3n) is 3.58. The molecule has 2 heterocycles. The summed E-state index contributed by atoms with van der Waals surface area (Å²) in [7, 11) is 0. The number of aryl methyl sites for hydroxylation is 1. The molecule has 0 saturated heterocycles. The molecule has 2 N–H and O–H groups in total. The van der Waals surface area contributed by atoms with E-state index in [0.29, 0.717) is 33.2 Å². The van der Waals surface area contributed by atoms with Gasteiger partial charge in [-0.25, -0.2) is 9.97 Å². The van der Waals surface area contributed by atoms with Crippen molar-refractivity contribution in [2.45, 2.75) is 6.92 Å². The van der Waals surface area contributed by atoms with E-state index >= 15 is 0 Å². The second kappa shape index (κ2) is 5.58. The molecule has 0 radical (unpaired) electrons. The maximum Gasteiger partial charge on any atom is 0.270 e. The van der Waals surface area contributed by atoms with E-state index in [2.05, 4.69) is 20.2 Å². The maximum atomic E-state index is 6.21. The van der Waals surface area contributed by atoms with Gasteiger partial charge in [0.2, 0.25) is 5.89 Å². The number of para-hydroxylation sites is 2. The molecule has 4 rings (SSSR count). The van der Waals surface area contributed by atoms with Crippen molar-refractivity contribution in [3.05, 3.63) is 53.1 Å². The van der Waals surface area contributed by atoms with Crippen molar-refractivity contribution >= 4 is 28.5 Å². The van der Waals surface area contributed by atoms with Crippen molar-refractivity contribution in [2.24, 2.45) is 0 Å². The predicted octanol–water partition coefficient (Wildman–Crippen LogP) is 3.89. The number of hydrogen-bond donors (Lipinski definition) is 1. The molecule has 2 aromatic carbocycles. The Labute approximate surface area is 142 Å². The van der Waals surface area contributed by atoms with Crippen LogP contribution in [0.15, 0.2) is 46.9 Å².